The number of fused-ring (bicyclic) bond motifs is 1. The first-order chi connectivity index (χ1) is 29.8. The summed E-state index contributed by atoms with van der Waals surface area (Å²) in [4.78, 5) is 59.4. The summed E-state index contributed by atoms with van der Waals surface area (Å²) >= 11 is 0. The molecule has 4 aromatic rings. The van der Waals surface area contributed by atoms with Gasteiger partial charge >= 0.3 is 0 Å². The molecule has 4 aliphatic heterocycles. The van der Waals surface area contributed by atoms with Gasteiger partial charge in [0.05, 0.1) is 0 Å². The molecular formula is C50H58N6O5. The maximum Gasteiger partial charge on any atom is 0.251 e. The van der Waals surface area contributed by atoms with Crippen LogP contribution in [0.4, 0.5) is 11.4 Å². The fourth-order valence-electron chi connectivity index (χ4n) is 10.6. The summed E-state index contributed by atoms with van der Waals surface area (Å²) in [6.07, 6.45) is 6.31. The van der Waals surface area contributed by atoms with Gasteiger partial charge in [0, 0.05) is 94.1 Å². The second kappa shape index (κ2) is 18.1. The van der Waals surface area contributed by atoms with E-state index in [1.165, 1.54) is 27.9 Å². The third kappa shape index (κ3) is 9.17. The lowest BCUT2D eigenvalue weighted by Crippen LogP contribution is -2.52. The standard InChI is InChI=1S/C50H58N6O5/c57-42-15-17-44-39(32-42)10-16-43(35-4-2-1-3-5-35)47(44)36-6-11-41(12-7-36)55-30-28-53(29-31-55)33-34-20-24-56(25-21-34)50(61)38-22-26-54(27-23-38)40-13-8-37(9-14-40)48(59)51-45-18-19-46(58)52-49(45)60/h1-9,11-15,17,32,34,38,43,45,47,57H,10,16,18-31,33H2,(H,51,59)(H,52,58,60)/t43-,45?,47+/m1/s1. The summed E-state index contributed by atoms with van der Waals surface area (Å²) in [5.74, 6) is 0.855. The zero-order chi connectivity index (χ0) is 41.9. The Morgan fingerprint density at radius 3 is 2.03 bits per heavy atom. The summed E-state index contributed by atoms with van der Waals surface area (Å²) in [6, 6.07) is 32.8. The van der Waals surface area contributed by atoms with Crippen molar-refractivity contribution in [2.45, 2.75) is 69.2 Å². The molecule has 0 radical (unpaired) electrons. The predicted molar refractivity (Wildman–Crippen MR) is 237 cm³/mol. The zero-order valence-electron chi connectivity index (χ0n) is 35.0. The molecule has 3 N–H and O–H groups in total. The number of rotatable bonds is 9. The second-order valence-corrected chi connectivity index (χ2v) is 17.8. The van der Waals surface area contributed by atoms with Crippen molar-refractivity contribution in [2.75, 3.05) is 68.7 Å². The topological polar surface area (TPSA) is 126 Å². The number of amides is 4. The van der Waals surface area contributed by atoms with Crippen molar-refractivity contribution in [1.82, 2.24) is 20.4 Å². The van der Waals surface area contributed by atoms with E-state index in [2.05, 4.69) is 90.9 Å². The molecule has 4 heterocycles. The average Bonchev–Trinajstić information content (AvgIpc) is 3.30. The maximum absolute atomic E-state index is 13.6. The number of piperazine rings is 1. The van der Waals surface area contributed by atoms with Crippen LogP contribution in [0.15, 0.2) is 97.1 Å². The molecule has 318 valence electrons. The van der Waals surface area contributed by atoms with Crippen molar-refractivity contribution in [2.24, 2.45) is 11.8 Å². The number of likely N-dealkylation sites (tertiary alicyclic amines) is 1. The monoisotopic (exact) mass is 822 g/mol. The minimum Gasteiger partial charge on any atom is -0.508 e. The number of nitrogens with zero attached hydrogens (tertiary/aromatic N) is 4. The fourth-order valence-corrected chi connectivity index (χ4v) is 10.6. The highest BCUT2D eigenvalue weighted by molar-refractivity contribution is 6.03. The number of imide groups is 1. The Hall–Kier alpha value is -5.68. The number of hydrogen-bond acceptors (Lipinski definition) is 8. The number of aromatic hydroxyl groups is 1. The molecule has 9 rings (SSSR count). The number of hydrogen-bond donors (Lipinski definition) is 3. The Kier molecular flexibility index (Phi) is 12.1. The number of aryl methyl sites for hydroxylation is 1. The molecule has 1 unspecified atom stereocenters. The van der Waals surface area contributed by atoms with Gasteiger partial charge in [0.25, 0.3) is 5.91 Å². The molecule has 0 bridgehead atoms. The molecule has 1 aliphatic carbocycles. The van der Waals surface area contributed by atoms with E-state index in [0.29, 0.717) is 35.5 Å². The van der Waals surface area contributed by atoms with Crippen molar-refractivity contribution >= 4 is 35.0 Å². The minimum atomic E-state index is -0.704. The molecule has 4 saturated heterocycles. The van der Waals surface area contributed by atoms with Crippen LogP contribution in [0.1, 0.15) is 89.4 Å². The minimum absolute atomic E-state index is 0.0479. The molecule has 0 saturated carbocycles. The van der Waals surface area contributed by atoms with Crippen molar-refractivity contribution < 1.29 is 24.3 Å². The SMILES string of the molecule is O=C1CCC(NC(=O)c2ccc(N3CCC(C(=O)N4CCC(CN5CCN(c6ccc([C@@H]7c8ccc(O)cc8CC[C@@H]7c7ccccc7)cc6)CC5)CC4)CC3)cc2)C(=O)N1. The van der Waals surface area contributed by atoms with E-state index < -0.39 is 11.9 Å². The zero-order valence-corrected chi connectivity index (χ0v) is 35.0. The Bertz CT molecular complexity index is 2190. The van der Waals surface area contributed by atoms with Crippen LogP contribution in [0.3, 0.4) is 0 Å². The number of phenolic OH excluding ortho intramolecular Hbond substituents is 1. The highest BCUT2D eigenvalue weighted by Gasteiger charge is 2.34. The first-order valence-corrected chi connectivity index (χ1v) is 22.5. The number of carbonyl (C=O) groups is 4. The van der Waals surface area contributed by atoms with Gasteiger partial charge in [-0.2, -0.15) is 0 Å². The van der Waals surface area contributed by atoms with E-state index in [9.17, 15) is 24.3 Å². The average molecular weight is 823 g/mol. The number of piperidine rings is 3. The Morgan fingerprint density at radius 2 is 1.34 bits per heavy atom. The summed E-state index contributed by atoms with van der Waals surface area (Å²) in [7, 11) is 0. The van der Waals surface area contributed by atoms with Crippen LogP contribution in [0, 0.1) is 11.8 Å². The first-order valence-electron chi connectivity index (χ1n) is 22.5. The number of nitrogens with one attached hydrogen (secondary N) is 2. The number of phenols is 1. The quantitative estimate of drug-likeness (QED) is 0.174. The molecule has 61 heavy (non-hydrogen) atoms. The van der Waals surface area contributed by atoms with Crippen LogP contribution in [-0.4, -0.2) is 103 Å². The van der Waals surface area contributed by atoms with Crippen LogP contribution in [0.5, 0.6) is 5.75 Å². The summed E-state index contributed by atoms with van der Waals surface area (Å²) in [5.41, 5.74) is 8.07. The van der Waals surface area contributed by atoms with Gasteiger partial charge in [0.1, 0.15) is 11.8 Å². The third-order valence-electron chi connectivity index (χ3n) is 14.1. The second-order valence-electron chi connectivity index (χ2n) is 17.8. The molecule has 0 aromatic heterocycles. The van der Waals surface area contributed by atoms with Gasteiger partial charge in [-0.05, 0) is 128 Å². The number of benzene rings is 4. The normalized spacial score (nSPS) is 23.0. The summed E-state index contributed by atoms with van der Waals surface area (Å²) < 4.78 is 0. The summed E-state index contributed by atoms with van der Waals surface area (Å²) in [5, 5.41) is 15.2. The van der Waals surface area contributed by atoms with Crippen LogP contribution in [0.2, 0.25) is 0 Å². The van der Waals surface area contributed by atoms with Gasteiger partial charge in [-0.1, -0.05) is 48.5 Å². The van der Waals surface area contributed by atoms with E-state index in [-0.39, 0.29) is 30.1 Å². The Morgan fingerprint density at radius 1 is 0.672 bits per heavy atom. The number of anilines is 2. The van der Waals surface area contributed by atoms with E-state index >= 15 is 0 Å². The van der Waals surface area contributed by atoms with E-state index in [0.717, 1.165) is 103 Å². The molecule has 0 spiro atoms. The molecular weight excluding hydrogens is 765 g/mol. The highest BCUT2D eigenvalue weighted by Crippen LogP contribution is 2.47. The largest absolute Gasteiger partial charge is 0.508 e. The lowest BCUT2D eigenvalue weighted by Gasteiger charge is -2.41. The van der Waals surface area contributed by atoms with E-state index in [1.54, 1.807) is 12.1 Å². The van der Waals surface area contributed by atoms with Gasteiger partial charge in [-0.25, -0.2) is 0 Å². The van der Waals surface area contributed by atoms with Crippen molar-refractivity contribution in [3.05, 3.63) is 125 Å². The van der Waals surface area contributed by atoms with Gasteiger partial charge < -0.3 is 25.1 Å². The lowest BCUT2D eigenvalue weighted by atomic mass is 9.69. The fraction of sp³-hybridized carbons (Fsp3) is 0.440. The Balaban J connectivity index is 0.709. The molecule has 5 aliphatic rings. The van der Waals surface area contributed by atoms with Gasteiger partial charge in [-0.15, -0.1) is 0 Å². The molecule has 4 amide bonds. The first kappa shape index (κ1) is 40.7. The van der Waals surface area contributed by atoms with Crippen LogP contribution >= 0.6 is 0 Å². The molecule has 4 aromatic carbocycles. The van der Waals surface area contributed by atoms with Crippen LogP contribution in [0.25, 0.3) is 0 Å². The molecule has 11 heteroatoms. The van der Waals surface area contributed by atoms with Crippen molar-refractivity contribution in [1.29, 1.82) is 0 Å². The predicted octanol–water partition coefficient (Wildman–Crippen LogP) is 6.07. The van der Waals surface area contributed by atoms with Gasteiger partial charge in [-0.3, -0.25) is 29.4 Å². The third-order valence-corrected chi connectivity index (χ3v) is 14.1. The Labute approximate surface area is 359 Å². The van der Waals surface area contributed by atoms with Crippen molar-refractivity contribution in [3.8, 4) is 5.75 Å². The highest BCUT2D eigenvalue weighted by atomic mass is 16.3. The van der Waals surface area contributed by atoms with E-state index in [1.807, 2.05) is 24.3 Å². The van der Waals surface area contributed by atoms with Crippen LogP contribution < -0.4 is 20.4 Å². The van der Waals surface area contributed by atoms with Gasteiger partial charge in [0.2, 0.25) is 17.7 Å². The smallest absolute Gasteiger partial charge is 0.251 e. The lowest BCUT2D eigenvalue weighted by molar-refractivity contribution is -0.138. The molecule has 4 fully saturated rings. The van der Waals surface area contributed by atoms with Crippen molar-refractivity contribution in [3.63, 3.8) is 0 Å². The van der Waals surface area contributed by atoms with Gasteiger partial charge in [0.15, 0.2) is 0 Å². The van der Waals surface area contributed by atoms with Crippen LogP contribution in [-0.2, 0) is 20.8 Å². The molecule has 3 atom stereocenters. The molecule has 11 nitrogen and oxygen atoms in total. The number of carbonyl (C=O) groups excluding carboxylic acids is 4. The summed E-state index contributed by atoms with van der Waals surface area (Å²) in [6.45, 7) is 8.49. The maximum atomic E-state index is 13.6. The van der Waals surface area contributed by atoms with E-state index in [4.69, 9.17) is 0 Å².